The molecule has 55 heavy (non-hydrogen) atoms. The van der Waals surface area contributed by atoms with Crippen LogP contribution in [0.15, 0.2) is 102 Å². The molecule has 0 aliphatic rings. The van der Waals surface area contributed by atoms with E-state index in [0.29, 0.717) is 17.0 Å². The molecule has 0 aliphatic heterocycles. The third-order valence-electron chi connectivity index (χ3n) is 11.0. The lowest BCUT2D eigenvalue weighted by molar-refractivity contribution is 0.473. The summed E-state index contributed by atoms with van der Waals surface area (Å²) in [4.78, 5) is 10.1. The minimum Gasteiger partial charge on any atom is -0.507 e. The Morgan fingerprint density at radius 3 is 1.64 bits per heavy atom. The lowest BCUT2D eigenvalue weighted by Crippen LogP contribution is -2.16. The highest BCUT2D eigenvalue weighted by molar-refractivity contribution is 6.00. The normalized spacial score (nSPS) is 12.9. The summed E-state index contributed by atoms with van der Waals surface area (Å²) >= 11 is 0. The topological polar surface area (TPSA) is 59.2 Å². The molecule has 0 bridgehead atoms. The molecule has 2 heterocycles. The fourth-order valence-electron chi connectivity index (χ4n) is 7.26. The van der Waals surface area contributed by atoms with Crippen LogP contribution in [0.25, 0.3) is 66.8 Å². The predicted molar refractivity (Wildman–Crippen MR) is 232 cm³/mol. The number of oxazole rings is 1. The molecule has 4 heteroatoms. The van der Waals surface area contributed by atoms with Crippen molar-refractivity contribution < 1.29 is 9.52 Å². The molecule has 0 aliphatic carbocycles. The molecule has 0 unspecified atom stereocenters. The van der Waals surface area contributed by atoms with Gasteiger partial charge in [-0.05, 0) is 127 Å². The van der Waals surface area contributed by atoms with Gasteiger partial charge < -0.3 is 9.52 Å². The zero-order valence-corrected chi connectivity index (χ0v) is 35.0. The Hall–Kier alpha value is -5.22. The maximum Gasteiger partial charge on any atom is 0.231 e. The van der Waals surface area contributed by atoms with Crippen LogP contribution in [0, 0.1) is 6.92 Å². The highest BCUT2D eigenvalue weighted by Gasteiger charge is 2.25. The van der Waals surface area contributed by atoms with Gasteiger partial charge in [-0.1, -0.05) is 126 Å². The number of fused-ring (bicyclic) bond motifs is 2. The fourth-order valence-corrected chi connectivity index (χ4v) is 7.26. The summed E-state index contributed by atoms with van der Waals surface area (Å²) in [6, 6.07) is 32.6. The first kappa shape index (κ1) is 38.1. The van der Waals surface area contributed by atoms with Gasteiger partial charge in [0.25, 0.3) is 0 Å². The molecule has 0 saturated carbocycles. The quantitative estimate of drug-likeness (QED) is 0.196. The summed E-state index contributed by atoms with van der Waals surface area (Å²) in [5, 5.41) is 12.3. The zero-order chi connectivity index (χ0) is 39.8. The number of pyridine rings is 1. The Balaban J connectivity index is 1.51. The van der Waals surface area contributed by atoms with Gasteiger partial charge in [0.05, 0.1) is 11.1 Å². The predicted octanol–water partition coefficient (Wildman–Crippen LogP) is 14.2. The van der Waals surface area contributed by atoms with Crippen molar-refractivity contribution in [3.8, 4) is 50.6 Å². The van der Waals surface area contributed by atoms with Crippen molar-refractivity contribution in [3.05, 3.63) is 125 Å². The molecule has 0 radical (unpaired) electrons. The number of hydrogen-bond donors (Lipinski definition) is 1. The van der Waals surface area contributed by atoms with E-state index in [4.69, 9.17) is 14.4 Å². The highest BCUT2D eigenvalue weighted by atomic mass is 16.3. The third kappa shape index (κ3) is 7.44. The molecule has 7 rings (SSSR count). The minimum atomic E-state index is -0.113. The molecule has 0 fully saturated rings. The molecule has 0 atom stereocenters. The molecular formula is C51H56N2O2. The van der Waals surface area contributed by atoms with E-state index in [1.54, 1.807) is 6.07 Å². The molecule has 0 saturated heterocycles. The number of aryl methyl sites for hydroxylation is 1. The van der Waals surface area contributed by atoms with Crippen molar-refractivity contribution in [3.63, 3.8) is 0 Å². The Labute approximate surface area is 327 Å². The van der Waals surface area contributed by atoms with Crippen LogP contribution in [0.1, 0.15) is 111 Å². The molecule has 1 N–H and O–H groups in total. The Morgan fingerprint density at radius 1 is 0.491 bits per heavy atom. The maximum absolute atomic E-state index is 11.2. The van der Waals surface area contributed by atoms with E-state index in [-0.39, 0.29) is 27.4 Å². The van der Waals surface area contributed by atoms with E-state index in [1.807, 2.05) is 18.3 Å². The van der Waals surface area contributed by atoms with Crippen molar-refractivity contribution in [2.24, 2.45) is 0 Å². The van der Waals surface area contributed by atoms with Crippen LogP contribution >= 0.6 is 0 Å². The Bertz CT molecular complexity index is 2560. The van der Waals surface area contributed by atoms with Gasteiger partial charge in [0.2, 0.25) is 5.89 Å². The molecule has 5 aromatic carbocycles. The SMILES string of the molecule is Cc1ccnc2c(-c3cccc(-c4cc(-c5cc(C(C)(C)C)cc(C(C)(C)C)c5)cc5oc(-c6cc(C(C)(C)C)ccc6O)nc45)c3)cc(C(C)(C)C)cc12. The minimum absolute atomic E-state index is 0.0379. The first-order chi connectivity index (χ1) is 25.6. The van der Waals surface area contributed by atoms with Gasteiger partial charge in [0.1, 0.15) is 11.3 Å². The fraction of sp³-hybridized carbons (Fsp3) is 0.333. The number of phenols is 1. The van der Waals surface area contributed by atoms with Gasteiger partial charge in [-0.15, -0.1) is 0 Å². The van der Waals surface area contributed by atoms with Crippen molar-refractivity contribution in [1.29, 1.82) is 0 Å². The molecular weight excluding hydrogens is 673 g/mol. The smallest absolute Gasteiger partial charge is 0.231 e. The van der Waals surface area contributed by atoms with Crippen LogP contribution in [0.3, 0.4) is 0 Å². The molecule has 7 aromatic rings. The van der Waals surface area contributed by atoms with E-state index in [9.17, 15) is 5.11 Å². The van der Waals surface area contributed by atoms with Gasteiger partial charge in [-0.25, -0.2) is 4.98 Å². The van der Waals surface area contributed by atoms with Crippen LogP contribution < -0.4 is 0 Å². The number of nitrogens with zero attached hydrogens (tertiary/aromatic N) is 2. The van der Waals surface area contributed by atoms with Gasteiger partial charge in [0.15, 0.2) is 5.58 Å². The van der Waals surface area contributed by atoms with Gasteiger partial charge in [-0.2, -0.15) is 0 Å². The second-order valence-corrected chi connectivity index (χ2v) is 19.5. The summed E-state index contributed by atoms with van der Waals surface area (Å²) in [6.45, 7) is 29.1. The second-order valence-electron chi connectivity index (χ2n) is 19.5. The van der Waals surface area contributed by atoms with Crippen molar-refractivity contribution >= 4 is 22.0 Å². The monoisotopic (exact) mass is 728 g/mol. The van der Waals surface area contributed by atoms with Gasteiger partial charge in [-0.3, -0.25) is 4.98 Å². The Morgan fingerprint density at radius 2 is 1.04 bits per heavy atom. The number of rotatable bonds is 4. The first-order valence-corrected chi connectivity index (χ1v) is 19.5. The van der Waals surface area contributed by atoms with Crippen LogP contribution in [0.2, 0.25) is 0 Å². The van der Waals surface area contributed by atoms with E-state index in [2.05, 4.69) is 163 Å². The van der Waals surface area contributed by atoms with Crippen molar-refractivity contribution in [1.82, 2.24) is 9.97 Å². The van der Waals surface area contributed by atoms with Crippen LogP contribution in [-0.4, -0.2) is 15.1 Å². The number of phenolic OH excluding ortho intramolecular Hbond substituents is 1. The average molecular weight is 729 g/mol. The van der Waals surface area contributed by atoms with E-state index in [0.717, 1.165) is 50.0 Å². The molecule has 282 valence electrons. The molecule has 2 aromatic heterocycles. The molecule has 4 nitrogen and oxygen atoms in total. The molecule has 0 amide bonds. The summed E-state index contributed by atoms with van der Waals surface area (Å²) < 4.78 is 6.68. The lowest BCUT2D eigenvalue weighted by Gasteiger charge is -2.26. The van der Waals surface area contributed by atoms with E-state index < -0.39 is 0 Å². The zero-order valence-electron chi connectivity index (χ0n) is 35.0. The largest absolute Gasteiger partial charge is 0.507 e. The van der Waals surface area contributed by atoms with Gasteiger partial charge >= 0.3 is 0 Å². The summed E-state index contributed by atoms with van der Waals surface area (Å²) in [5.41, 5.74) is 15.3. The van der Waals surface area contributed by atoms with E-state index >= 15 is 0 Å². The number of hydrogen-bond acceptors (Lipinski definition) is 4. The maximum atomic E-state index is 11.2. The summed E-state index contributed by atoms with van der Waals surface area (Å²) in [6.07, 6.45) is 1.91. The third-order valence-corrected chi connectivity index (χ3v) is 11.0. The number of aromatic nitrogens is 2. The van der Waals surface area contributed by atoms with Crippen molar-refractivity contribution in [2.75, 3.05) is 0 Å². The Kier molecular flexibility index (Phi) is 9.15. The second kappa shape index (κ2) is 13.2. The van der Waals surface area contributed by atoms with E-state index in [1.165, 1.54) is 27.6 Å². The average Bonchev–Trinajstić information content (AvgIpc) is 3.53. The van der Waals surface area contributed by atoms with Crippen LogP contribution in [-0.2, 0) is 21.7 Å². The standard InChI is InChI=1S/C51H56N2O2/c1-30-19-20-52-45-39(30)28-38(51(11,12)13)29-41(45)32-16-14-15-31(21-32)40-24-34(33-22-36(49(5,6)7)26-37(23-33)50(8,9)10)25-44-46(40)53-47(55-44)42-27-35(48(2,3)4)17-18-43(42)54/h14-29,54H,1-13H3. The molecule has 0 spiro atoms. The lowest BCUT2D eigenvalue weighted by atomic mass is 9.78. The number of benzene rings is 5. The summed E-state index contributed by atoms with van der Waals surface area (Å²) in [7, 11) is 0. The van der Waals surface area contributed by atoms with Crippen LogP contribution in [0.4, 0.5) is 0 Å². The summed E-state index contributed by atoms with van der Waals surface area (Å²) in [5.74, 6) is 0.542. The van der Waals surface area contributed by atoms with Crippen molar-refractivity contribution in [2.45, 2.75) is 112 Å². The van der Waals surface area contributed by atoms with Crippen LogP contribution in [0.5, 0.6) is 5.75 Å². The van der Waals surface area contributed by atoms with Gasteiger partial charge in [0, 0.05) is 22.7 Å². The number of aromatic hydroxyl groups is 1. The first-order valence-electron chi connectivity index (χ1n) is 19.5. The highest BCUT2D eigenvalue weighted by Crippen LogP contribution is 2.43.